The first-order valence-electron chi connectivity index (χ1n) is 3.78. The van der Waals surface area contributed by atoms with Crippen LogP contribution in [0.15, 0.2) is 22.7 Å². The summed E-state index contributed by atoms with van der Waals surface area (Å²) in [6, 6.07) is 4.92. The van der Waals surface area contributed by atoms with Crippen molar-refractivity contribution in [1.82, 2.24) is 0 Å². The van der Waals surface area contributed by atoms with Crippen LogP contribution in [0.5, 0.6) is 5.75 Å². The number of aryl methyl sites for hydroxylation is 1. The van der Waals surface area contributed by atoms with E-state index in [0.717, 1.165) is 10.0 Å². The Morgan fingerprint density at radius 3 is 2.62 bits per heavy atom. The predicted molar refractivity (Wildman–Crippen MR) is 51.8 cm³/mol. The van der Waals surface area contributed by atoms with E-state index >= 15 is 0 Å². The van der Waals surface area contributed by atoms with Crippen molar-refractivity contribution in [3.05, 3.63) is 28.2 Å². The van der Waals surface area contributed by atoms with E-state index in [4.69, 9.17) is 5.11 Å². The monoisotopic (exact) mass is 244 g/mol. The Kier molecular flexibility index (Phi) is 3.31. The molecule has 3 nitrogen and oxygen atoms in total. The second-order valence-electron chi connectivity index (χ2n) is 2.71. The highest BCUT2D eigenvalue weighted by molar-refractivity contribution is 9.10. The second kappa shape index (κ2) is 4.28. The molecule has 0 aliphatic rings. The number of phenols is 1. The molecule has 0 bridgehead atoms. The first kappa shape index (κ1) is 10.1. The highest BCUT2D eigenvalue weighted by atomic mass is 79.9. The summed E-state index contributed by atoms with van der Waals surface area (Å²) in [6.07, 6.45) is 0.512. The first-order valence-corrected chi connectivity index (χ1v) is 4.57. The Balaban J connectivity index is 2.71. The standard InChI is InChI=1S/C9H9BrO3/c10-7-3-6(1-2-9(12)13)4-8(11)5-7/h3-5,11H,1-2H2,(H,12,13). The van der Waals surface area contributed by atoms with Gasteiger partial charge in [0, 0.05) is 10.9 Å². The molecule has 0 aliphatic heterocycles. The molecule has 0 radical (unpaired) electrons. The molecule has 0 saturated heterocycles. The minimum absolute atomic E-state index is 0.0793. The van der Waals surface area contributed by atoms with E-state index in [0.29, 0.717) is 6.42 Å². The van der Waals surface area contributed by atoms with Crippen molar-refractivity contribution in [2.45, 2.75) is 12.8 Å². The topological polar surface area (TPSA) is 57.5 Å². The summed E-state index contributed by atoms with van der Waals surface area (Å²) in [5, 5.41) is 17.6. The Labute approximate surface area is 84.1 Å². The van der Waals surface area contributed by atoms with Gasteiger partial charge in [0.15, 0.2) is 0 Å². The van der Waals surface area contributed by atoms with Gasteiger partial charge in [0.2, 0.25) is 0 Å². The number of hydrogen-bond acceptors (Lipinski definition) is 2. The molecule has 13 heavy (non-hydrogen) atoms. The molecule has 0 fully saturated rings. The van der Waals surface area contributed by atoms with Crippen molar-refractivity contribution < 1.29 is 15.0 Å². The van der Waals surface area contributed by atoms with E-state index in [-0.39, 0.29) is 12.2 Å². The van der Waals surface area contributed by atoms with Crippen LogP contribution < -0.4 is 0 Å². The number of carboxylic acids is 1. The Morgan fingerprint density at radius 1 is 1.38 bits per heavy atom. The van der Waals surface area contributed by atoms with Crippen molar-refractivity contribution in [1.29, 1.82) is 0 Å². The van der Waals surface area contributed by atoms with E-state index in [2.05, 4.69) is 15.9 Å². The third kappa shape index (κ3) is 3.46. The van der Waals surface area contributed by atoms with Crippen LogP contribution in [-0.2, 0) is 11.2 Å². The lowest BCUT2D eigenvalue weighted by Crippen LogP contribution is -1.97. The number of phenolic OH excluding ortho intramolecular Hbond substituents is 1. The molecule has 70 valence electrons. The summed E-state index contributed by atoms with van der Waals surface area (Å²) >= 11 is 3.21. The molecule has 1 aromatic rings. The minimum Gasteiger partial charge on any atom is -0.508 e. The van der Waals surface area contributed by atoms with Crippen LogP contribution in [0.2, 0.25) is 0 Å². The van der Waals surface area contributed by atoms with E-state index in [9.17, 15) is 9.90 Å². The van der Waals surface area contributed by atoms with Crippen LogP contribution in [0.3, 0.4) is 0 Å². The fraction of sp³-hybridized carbons (Fsp3) is 0.222. The van der Waals surface area contributed by atoms with Crippen LogP contribution in [0, 0.1) is 0 Å². The van der Waals surface area contributed by atoms with E-state index in [1.165, 1.54) is 0 Å². The summed E-state index contributed by atoms with van der Waals surface area (Å²) in [5.41, 5.74) is 0.814. The average molecular weight is 245 g/mol. The van der Waals surface area contributed by atoms with Gasteiger partial charge < -0.3 is 10.2 Å². The maximum absolute atomic E-state index is 10.3. The lowest BCUT2D eigenvalue weighted by Gasteiger charge is -2.00. The van der Waals surface area contributed by atoms with Crippen molar-refractivity contribution in [2.24, 2.45) is 0 Å². The smallest absolute Gasteiger partial charge is 0.303 e. The van der Waals surface area contributed by atoms with Crippen molar-refractivity contribution in [2.75, 3.05) is 0 Å². The van der Waals surface area contributed by atoms with Gasteiger partial charge in [-0.3, -0.25) is 4.79 Å². The molecule has 0 unspecified atom stereocenters. The van der Waals surface area contributed by atoms with Crippen LogP contribution in [0.25, 0.3) is 0 Å². The molecule has 0 spiro atoms. The largest absolute Gasteiger partial charge is 0.508 e. The third-order valence-corrected chi connectivity index (χ3v) is 2.03. The number of halogens is 1. The van der Waals surface area contributed by atoms with Gasteiger partial charge in [-0.05, 0) is 30.2 Å². The first-order chi connectivity index (χ1) is 6.08. The molecule has 0 aromatic heterocycles. The highest BCUT2D eigenvalue weighted by Crippen LogP contribution is 2.20. The van der Waals surface area contributed by atoms with Gasteiger partial charge in [-0.2, -0.15) is 0 Å². The average Bonchev–Trinajstić information content (AvgIpc) is 1.99. The van der Waals surface area contributed by atoms with Gasteiger partial charge in [0.25, 0.3) is 0 Å². The van der Waals surface area contributed by atoms with Gasteiger partial charge >= 0.3 is 5.97 Å². The summed E-state index contributed by atoms with van der Waals surface area (Å²) < 4.78 is 0.757. The van der Waals surface area contributed by atoms with E-state index in [1.807, 2.05) is 0 Å². The van der Waals surface area contributed by atoms with E-state index in [1.54, 1.807) is 18.2 Å². The van der Waals surface area contributed by atoms with Crippen LogP contribution in [0.1, 0.15) is 12.0 Å². The summed E-state index contributed by atoms with van der Waals surface area (Å²) in [7, 11) is 0. The van der Waals surface area contributed by atoms with Gasteiger partial charge in [-0.25, -0.2) is 0 Å². The van der Waals surface area contributed by atoms with Crippen LogP contribution in [-0.4, -0.2) is 16.2 Å². The number of rotatable bonds is 3. The molecule has 0 atom stereocenters. The predicted octanol–water partition coefficient (Wildman–Crippen LogP) is 2.17. The van der Waals surface area contributed by atoms with Gasteiger partial charge in [0.05, 0.1) is 0 Å². The number of aliphatic carboxylic acids is 1. The maximum atomic E-state index is 10.3. The van der Waals surface area contributed by atoms with Gasteiger partial charge in [-0.15, -0.1) is 0 Å². The van der Waals surface area contributed by atoms with Crippen molar-refractivity contribution >= 4 is 21.9 Å². The molecule has 4 heteroatoms. The SMILES string of the molecule is O=C(O)CCc1cc(O)cc(Br)c1. The number of benzene rings is 1. The second-order valence-corrected chi connectivity index (χ2v) is 3.63. The van der Waals surface area contributed by atoms with Crippen molar-refractivity contribution in [3.63, 3.8) is 0 Å². The number of carbonyl (C=O) groups is 1. The summed E-state index contributed by atoms with van der Waals surface area (Å²) in [6.45, 7) is 0. The molecule has 0 aliphatic carbocycles. The fourth-order valence-corrected chi connectivity index (χ4v) is 1.56. The van der Waals surface area contributed by atoms with E-state index < -0.39 is 5.97 Å². The minimum atomic E-state index is -0.834. The summed E-state index contributed by atoms with van der Waals surface area (Å²) in [4.78, 5) is 10.3. The molecule has 0 heterocycles. The quantitative estimate of drug-likeness (QED) is 0.857. The number of hydrogen-bond donors (Lipinski definition) is 2. The van der Waals surface area contributed by atoms with Gasteiger partial charge in [-0.1, -0.05) is 15.9 Å². The molecule has 0 saturated carbocycles. The maximum Gasteiger partial charge on any atom is 0.303 e. The summed E-state index contributed by atoms with van der Waals surface area (Å²) in [5.74, 6) is -0.686. The molecule has 1 rings (SSSR count). The zero-order chi connectivity index (χ0) is 9.84. The molecule has 1 aromatic carbocycles. The van der Waals surface area contributed by atoms with Gasteiger partial charge in [0.1, 0.15) is 5.75 Å². The molecular weight excluding hydrogens is 236 g/mol. The van der Waals surface area contributed by atoms with Crippen LogP contribution >= 0.6 is 15.9 Å². The highest BCUT2D eigenvalue weighted by Gasteiger charge is 2.01. The number of carboxylic acid groups (broad SMARTS) is 1. The molecular formula is C9H9BrO3. The van der Waals surface area contributed by atoms with Crippen LogP contribution in [0.4, 0.5) is 0 Å². The molecule has 0 amide bonds. The third-order valence-electron chi connectivity index (χ3n) is 1.57. The van der Waals surface area contributed by atoms with Crippen molar-refractivity contribution in [3.8, 4) is 5.75 Å². The normalized spacial score (nSPS) is 9.92. The fourth-order valence-electron chi connectivity index (χ4n) is 1.03. The zero-order valence-electron chi connectivity index (χ0n) is 6.83. The lowest BCUT2D eigenvalue weighted by molar-refractivity contribution is -0.136. The zero-order valence-corrected chi connectivity index (χ0v) is 8.41. The Bertz CT molecular complexity index is 302. The molecule has 2 N–H and O–H groups in total. The Hall–Kier alpha value is -1.03. The number of aromatic hydroxyl groups is 1. The Morgan fingerprint density at radius 2 is 2.08 bits per heavy atom. The lowest BCUT2D eigenvalue weighted by atomic mass is 10.1.